The highest BCUT2D eigenvalue weighted by Crippen LogP contribution is 2.21. The number of benzene rings is 1. The molecule has 0 aliphatic carbocycles. The fourth-order valence-electron chi connectivity index (χ4n) is 1.58. The van der Waals surface area contributed by atoms with E-state index in [0.717, 1.165) is 24.7 Å². The van der Waals surface area contributed by atoms with Crippen molar-refractivity contribution >= 4 is 21.4 Å². The third-order valence-corrected chi connectivity index (χ3v) is 3.77. The van der Waals surface area contributed by atoms with Gasteiger partial charge in [-0.3, -0.25) is 15.6 Å². The molecule has 0 saturated carbocycles. The summed E-state index contributed by atoms with van der Waals surface area (Å²) in [6.07, 6.45) is 3.31. The lowest BCUT2D eigenvalue weighted by molar-refractivity contribution is -0.120. The number of rotatable bonds is 6. The Labute approximate surface area is 114 Å². The van der Waals surface area contributed by atoms with Crippen molar-refractivity contribution in [2.45, 2.75) is 38.0 Å². The van der Waals surface area contributed by atoms with Gasteiger partial charge in [-0.25, -0.2) is 8.42 Å². The van der Waals surface area contributed by atoms with Crippen LogP contribution >= 0.6 is 0 Å². The molecule has 2 N–H and O–H groups in total. The lowest BCUT2D eigenvalue weighted by Crippen LogP contribution is -2.29. The second-order valence-electron chi connectivity index (χ2n) is 4.55. The van der Waals surface area contributed by atoms with Gasteiger partial charge in [-0.2, -0.15) is 0 Å². The van der Waals surface area contributed by atoms with Gasteiger partial charge in [-0.1, -0.05) is 19.4 Å². The van der Waals surface area contributed by atoms with Gasteiger partial charge in [0.1, 0.15) is 0 Å². The summed E-state index contributed by atoms with van der Waals surface area (Å²) in [5.74, 6) is -0.151. The molecule has 19 heavy (non-hydrogen) atoms. The van der Waals surface area contributed by atoms with Crippen molar-refractivity contribution in [3.63, 3.8) is 0 Å². The van der Waals surface area contributed by atoms with Crippen molar-refractivity contribution in [2.75, 3.05) is 11.7 Å². The second kappa shape index (κ2) is 6.56. The third kappa shape index (κ3) is 4.90. The summed E-state index contributed by atoms with van der Waals surface area (Å²) in [5, 5.41) is 0. The van der Waals surface area contributed by atoms with Crippen molar-refractivity contribution in [1.29, 1.82) is 0 Å². The van der Waals surface area contributed by atoms with Crippen LogP contribution in [0.5, 0.6) is 0 Å². The highest BCUT2D eigenvalue weighted by atomic mass is 32.2. The van der Waals surface area contributed by atoms with Crippen LogP contribution in [-0.2, 0) is 14.6 Å². The number of anilines is 1. The minimum atomic E-state index is -3.33. The molecule has 1 aromatic rings. The fraction of sp³-hybridized carbons (Fsp3) is 0.462. The Balaban J connectivity index is 2.82. The lowest BCUT2D eigenvalue weighted by atomic mass is 10.2. The first kappa shape index (κ1) is 15.5. The summed E-state index contributed by atoms with van der Waals surface area (Å²) >= 11 is 0. The molecule has 6 heteroatoms. The normalized spacial score (nSPS) is 11.1. The molecule has 0 bridgehead atoms. The van der Waals surface area contributed by atoms with Gasteiger partial charge in [0, 0.05) is 12.7 Å². The van der Waals surface area contributed by atoms with Gasteiger partial charge in [0.05, 0.1) is 10.6 Å². The molecule has 1 rings (SSSR count). The quantitative estimate of drug-likeness (QED) is 0.784. The van der Waals surface area contributed by atoms with E-state index in [1.165, 1.54) is 0 Å². The number of hydrazine groups is 1. The molecule has 0 aliphatic rings. The van der Waals surface area contributed by atoms with E-state index in [0.29, 0.717) is 12.1 Å². The molecule has 106 valence electrons. The van der Waals surface area contributed by atoms with Gasteiger partial charge in [-0.05, 0) is 31.0 Å². The Morgan fingerprint density at radius 3 is 2.58 bits per heavy atom. The largest absolute Gasteiger partial charge is 0.297 e. The second-order valence-corrected chi connectivity index (χ2v) is 6.53. The zero-order chi connectivity index (χ0) is 14.5. The molecule has 0 heterocycles. The molecule has 0 fully saturated rings. The first-order chi connectivity index (χ1) is 8.84. The van der Waals surface area contributed by atoms with Crippen LogP contribution in [0.2, 0.25) is 0 Å². The van der Waals surface area contributed by atoms with Crippen LogP contribution in [0.1, 0.15) is 31.7 Å². The number of unbranched alkanes of at least 4 members (excludes halogenated alkanes) is 1. The highest BCUT2D eigenvalue weighted by Gasteiger charge is 2.13. The predicted molar refractivity (Wildman–Crippen MR) is 75.6 cm³/mol. The molecule has 0 radical (unpaired) electrons. The predicted octanol–water partition coefficient (Wildman–Crippen LogP) is 2.03. The minimum Gasteiger partial charge on any atom is -0.297 e. The van der Waals surface area contributed by atoms with E-state index in [1.54, 1.807) is 18.2 Å². The Morgan fingerprint density at radius 2 is 2.00 bits per heavy atom. The zero-order valence-electron chi connectivity index (χ0n) is 11.5. The summed E-state index contributed by atoms with van der Waals surface area (Å²) in [5.41, 5.74) is 6.43. The summed E-state index contributed by atoms with van der Waals surface area (Å²) in [6.45, 7) is 3.82. The number of aryl methyl sites for hydroxylation is 1. The number of hydrogen-bond acceptors (Lipinski definition) is 4. The van der Waals surface area contributed by atoms with Crippen molar-refractivity contribution in [3.05, 3.63) is 23.8 Å². The van der Waals surface area contributed by atoms with Crippen LogP contribution < -0.4 is 10.9 Å². The van der Waals surface area contributed by atoms with E-state index < -0.39 is 9.84 Å². The number of nitrogens with one attached hydrogen (secondary N) is 2. The topological polar surface area (TPSA) is 75.3 Å². The van der Waals surface area contributed by atoms with Gasteiger partial charge in [-0.15, -0.1) is 0 Å². The molecule has 0 atom stereocenters. The fourth-order valence-corrected chi connectivity index (χ4v) is 2.49. The van der Waals surface area contributed by atoms with Crippen molar-refractivity contribution < 1.29 is 13.2 Å². The summed E-state index contributed by atoms with van der Waals surface area (Å²) in [4.78, 5) is 11.7. The maximum atomic E-state index is 11.7. The molecule has 0 unspecified atom stereocenters. The van der Waals surface area contributed by atoms with E-state index in [4.69, 9.17) is 0 Å². The number of carbonyl (C=O) groups excluding carboxylic acids is 1. The lowest BCUT2D eigenvalue weighted by Gasteiger charge is -2.12. The summed E-state index contributed by atoms with van der Waals surface area (Å²) < 4.78 is 23.3. The molecular weight excluding hydrogens is 264 g/mol. The smallest absolute Gasteiger partial charge is 0.238 e. The number of hydrogen-bond donors (Lipinski definition) is 2. The molecule has 0 aliphatic heterocycles. The Hall–Kier alpha value is -1.56. The maximum Gasteiger partial charge on any atom is 0.238 e. The third-order valence-electron chi connectivity index (χ3n) is 2.63. The number of sulfone groups is 1. The van der Waals surface area contributed by atoms with Gasteiger partial charge in [0.2, 0.25) is 5.91 Å². The molecule has 1 aromatic carbocycles. The number of carbonyl (C=O) groups is 1. The van der Waals surface area contributed by atoms with Crippen molar-refractivity contribution in [1.82, 2.24) is 5.43 Å². The molecule has 5 nitrogen and oxygen atoms in total. The molecule has 0 aromatic heterocycles. The molecule has 0 spiro atoms. The van der Waals surface area contributed by atoms with Crippen LogP contribution in [0.25, 0.3) is 0 Å². The van der Waals surface area contributed by atoms with Gasteiger partial charge < -0.3 is 0 Å². The van der Waals surface area contributed by atoms with E-state index in [9.17, 15) is 13.2 Å². The highest BCUT2D eigenvalue weighted by molar-refractivity contribution is 7.90. The molecular formula is C13H20N2O3S. The number of amides is 1. The van der Waals surface area contributed by atoms with Crippen molar-refractivity contribution in [2.24, 2.45) is 0 Å². The Kier molecular flexibility index (Phi) is 5.35. The van der Waals surface area contributed by atoms with Crippen molar-refractivity contribution in [3.8, 4) is 0 Å². The zero-order valence-corrected chi connectivity index (χ0v) is 12.3. The summed E-state index contributed by atoms with van der Waals surface area (Å²) in [7, 11) is -3.33. The standard InChI is InChI=1S/C13H20N2O3S/c1-4-5-6-13(16)15-14-11-8-7-10(2)9-12(11)19(3,17)18/h7-9,14H,4-6H2,1-3H3,(H,15,16). The average molecular weight is 284 g/mol. The van der Waals surface area contributed by atoms with Gasteiger partial charge in [0.15, 0.2) is 9.84 Å². The van der Waals surface area contributed by atoms with Crippen LogP contribution in [0, 0.1) is 6.92 Å². The van der Waals surface area contributed by atoms with Gasteiger partial charge >= 0.3 is 0 Å². The minimum absolute atomic E-state index is 0.151. The Bertz CT molecular complexity index is 553. The molecule has 0 saturated heterocycles. The van der Waals surface area contributed by atoms with E-state index >= 15 is 0 Å². The van der Waals surface area contributed by atoms with E-state index in [1.807, 2.05) is 13.8 Å². The monoisotopic (exact) mass is 284 g/mol. The average Bonchev–Trinajstić information content (AvgIpc) is 2.33. The summed E-state index contributed by atoms with van der Waals surface area (Å²) in [6, 6.07) is 5.01. The Morgan fingerprint density at radius 1 is 1.32 bits per heavy atom. The van der Waals surface area contributed by atoms with Crippen LogP contribution in [0.3, 0.4) is 0 Å². The van der Waals surface area contributed by atoms with E-state index in [-0.39, 0.29) is 10.8 Å². The van der Waals surface area contributed by atoms with Crippen LogP contribution in [0.4, 0.5) is 5.69 Å². The van der Waals surface area contributed by atoms with Crippen LogP contribution in [0.15, 0.2) is 23.1 Å². The first-order valence-electron chi connectivity index (χ1n) is 6.20. The first-order valence-corrected chi connectivity index (χ1v) is 8.09. The maximum absolute atomic E-state index is 11.7. The molecule has 1 amide bonds. The van der Waals surface area contributed by atoms with Gasteiger partial charge in [0.25, 0.3) is 0 Å². The van der Waals surface area contributed by atoms with E-state index in [2.05, 4.69) is 10.9 Å². The SMILES string of the molecule is CCCCC(=O)NNc1ccc(C)cc1S(C)(=O)=O. The van der Waals surface area contributed by atoms with Crippen LogP contribution in [-0.4, -0.2) is 20.6 Å².